The van der Waals surface area contributed by atoms with Gasteiger partial charge in [0.15, 0.2) is 10.5 Å². The van der Waals surface area contributed by atoms with Crippen molar-refractivity contribution < 1.29 is 19.5 Å². The molecule has 2 aliphatic rings. The Kier molecular flexibility index (Phi) is 5.00. The maximum Gasteiger partial charge on any atom is 0.334 e. The monoisotopic (exact) mass is 369 g/mol. The van der Waals surface area contributed by atoms with E-state index in [9.17, 15) is 14.8 Å². The number of carbonyl (C=O) groups excluding carboxylic acids is 2. The lowest BCUT2D eigenvalue weighted by Crippen LogP contribution is -2.63. The molecular weight excluding hydrogens is 354 g/mol. The van der Waals surface area contributed by atoms with Crippen molar-refractivity contribution in [2.75, 3.05) is 13.2 Å². The highest BCUT2D eigenvalue weighted by Crippen LogP contribution is 2.30. The third kappa shape index (κ3) is 3.10. The van der Waals surface area contributed by atoms with Gasteiger partial charge in [-0.2, -0.15) is 0 Å². The quantitative estimate of drug-likeness (QED) is 0.637. The van der Waals surface area contributed by atoms with Gasteiger partial charge in [-0.1, -0.05) is 23.8 Å². The van der Waals surface area contributed by atoms with E-state index in [2.05, 4.69) is 4.98 Å². The van der Waals surface area contributed by atoms with Crippen molar-refractivity contribution in [2.45, 2.75) is 25.6 Å². The molecule has 9 heteroatoms. The van der Waals surface area contributed by atoms with E-state index in [1.165, 1.54) is 11.3 Å². The zero-order valence-corrected chi connectivity index (χ0v) is 14.5. The van der Waals surface area contributed by atoms with Crippen LogP contribution in [-0.2, 0) is 20.7 Å². The molecule has 1 aromatic rings. The van der Waals surface area contributed by atoms with Crippen molar-refractivity contribution >= 4 is 34.7 Å². The summed E-state index contributed by atoms with van der Waals surface area (Å²) >= 11 is 7.16. The molecule has 0 saturated carbocycles. The van der Waals surface area contributed by atoms with E-state index in [1.54, 1.807) is 30.2 Å². The molecule has 2 unspecified atom stereocenters. The number of Topliss-reactive ketones (excluding diaryl/α,β-unsaturated/α-hetero) is 1. The van der Waals surface area contributed by atoms with Gasteiger partial charge >= 0.3 is 5.97 Å². The Morgan fingerprint density at radius 1 is 1.58 bits per heavy atom. The summed E-state index contributed by atoms with van der Waals surface area (Å²) in [5, 5.41) is 11.4. The number of esters is 1. The minimum atomic E-state index is -1.37. The number of ketones is 1. The van der Waals surface area contributed by atoms with E-state index in [0.29, 0.717) is 23.1 Å². The van der Waals surface area contributed by atoms with Gasteiger partial charge in [-0.25, -0.2) is 9.78 Å². The summed E-state index contributed by atoms with van der Waals surface area (Å²) in [5.74, 6) is -1.23. The van der Waals surface area contributed by atoms with Crippen molar-refractivity contribution in [3.8, 4) is 0 Å². The van der Waals surface area contributed by atoms with E-state index < -0.39 is 24.0 Å². The first kappa shape index (κ1) is 17.1. The molecule has 1 saturated heterocycles. The topological polar surface area (TPSA) is 83.0 Å². The number of nitrogens with zero attached hydrogens (tertiary/aromatic N) is 3. The van der Waals surface area contributed by atoms with Crippen LogP contribution in [-0.4, -0.2) is 57.3 Å². The minimum absolute atomic E-state index is 0.133. The molecule has 128 valence electrons. The molecule has 0 spiro atoms. The molecule has 0 radical (unpaired) electrons. The van der Waals surface area contributed by atoms with E-state index in [-0.39, 0.29) is 6.61 Å². The highest BCUT2D eigenvalue weighted by Gasteiger charge is 2.48. The summed E-state index contributed by atoms with van der Waals surface area (Å²) in [6.07, 6.45) is 6.69. The Morgan fingerprint density at radius 3 is 3.04 bits per heavy atom. The van der Waals surface area contributed by atoms with Crippen LogP contribution in [0.4, 0.5) is 0 Å². The molecule has 1 aromatic heterocycles. The van der Waals surface area contributed by atoms with Gasteiger partial charge < -0.3 is 14.8 Å². The van der Waals surface area contributed by atoms with Gasteiger partial charge in [-0.3, -0.25) is 4.79 Å². The van der Waals surface area contributed by atoms with E-state index in [4.69, 9.17) is 16.3 Å². The second-order valence-corrected chi connectivity index (χ2v) is 6.99. The van der Waals surface area contributed by atoms with Gasteiger partial charge in [0, 0.05) is 24.0 Å². The van der Waals surface area contributed by atoms with Crippen molar-refractivity contribution in [3.63, 3.8) is 0 Å². The lowest BCUT2D eigenvalue weighted by molar-refractivity contribution is -0.215. The first-order chi connectivity index (χ1) is 11.5. The van der Waals surface area contributed by atoms with Gasteiger partial charge in [-0.05, 0) is 13.0 Å². The SMILES string of the molecule is CCOC(=O)C1C(=O)C2=CC=CCN2C(Cc2cnc(Cl)s2)N1O. The van der Waals surface area contributed by atoms with Crippen LogP contribution in [0.5, 0.6) is 0 Å². The normalized spacial score (nSPS) is 23.9. The number of halogens is 1. The predicted molar refractivity (Wildman–Crippen MR) is 87.6 cm³/mol. The second kappa shape index (κ2) is 7.02. The van der Waals surface area contributed by atoms with Crippen molar-refractivity contribution in [1.82, 2.24) is 14.9 Å². The lowest BCUT2D eigenvalue weighted by atomic mass is 9.99. The van der Waals surface area contributed by atoms with Crippen molar-refractivity contribution in [2.24, 2.45) is 0 Å². The van der Waals surface area contributed by atoms with Crippen LogP contribution in [0, 0.1) is 0 Å². The average Bonchev–Trinajstić information content (AvgIpc) is 2.97. The third-order valence-corrected chi connectivity index (χ3v) is 4.99. The highest BCUT2D eigenvalue weighted by molar-refractivity contribution is 7.15. The Hall–Kier alpha value is -1.74. The molecule has 1 fully saturated rings. The fraction of sp³-hybridized carbons (Fsp3) is 0.400. The molecule has 0 amide bonds. The maximum absolute atomic E-state index is 12.6. The smallest absolute Gasteiger partial charge is 0.334 e. The molecule has 2 aliphatic heterocycles. The van der Waals surface area contributed by atoms with Crippen LogP contribution in [0.3, 0.4) is 0 Å². The number of hydrogen-bond acceptors (Lipinski definition) is 8. The van der Waals surface area contributed by atoms with E-state index >= 15 is 0 Å². The number of hydroxylamine groups is 2. The van der Waals surface area contributed by atoms with Crippen molar-refractivity contribution in [1.29, 1.82) is 0 Å². The fourth-order valence-corrected chi connectivity index (χ4v) is 3.81. The number of allylic oxidation sites excluding steroid dienone is 2. The standard InChI is InChI=1S/C15H16ClN3O4S/c1-2-23-14(21)12-13(20)10-5-3-4-6-18(10)11(19(12)22)7-9-8-17-15(16)24-9/h3-5,8,11-12,22H,2,6-7H2,1H3. The Morgan fingerprint density at radius 2 is 2.38 bits per heavy atom. The molecule has 0 aromatic carbocycles. The molecule has 24 heavy (non-hydrogen) atoms. The van der Waals surface area contributed by atoms with Gasteiger partial charge in [0.05, 0.1) is 12.3 Å². The summed E-state index contributed by atoms with van der Waals surface area (Å²) in [6.45, 7) is 2.24. The summed E-state index contributed by atoms with van der Waals surface area (Å²) in [4.78, 5) is 31.4. The van der Waals surface area contributed by atoms with Gasteiger partial charge in [0.25, 0.3) is 0 Å². The first-order valence-corrected chi connectivity index (χ1v) is 8.64. The summed E-state index contributed by atoms with van der Waals surface area (Å²) in [6, 6.07) is -1.37. The molecule has 1 N–H and O–H groups in total. The molecule has 3 rings (SSSR count). The molecular formula is C15H16ClN3O4S. The van der Waals surface area contributed by atoms with Gasteiger partial charge in [0.2, 0.25) is 5.78 Å². The average molecular weight is 370 g/mol. The first-order valence-electron chi connectivity index (χ1n) is 7.44. The maximum atomic E-state index is 12.6. The summed E-state index contributed by atoms with van der Waals surface area (Å²) in [7, 11) is 0. The summed E-state index contributed by atoms with van der Waals surface area (Å²) in [5.41, 5.74) is 0.390. The van der Waals surface area contributed by atoms with Crippen LogP contribution in [0.1, 0.15) is 11.8 Å². The van der Waals surface area contributed by atoms with Crippen LogP contribution < -0.4 is 0 Å². The highest BCUT2D eigenvalue weighted by atomic mass is 35.5. The molecule has 7 nitrogen and oxygen atoms in total. The molecule has 3 heterocycles. The minimum Gasteiger partial charge on any atom is -0.464 e. The van der Waals surface area contributed by atoms with Gasteiger partial charge in [0.1, 0.15) is 6.17 Å². The summed E-state index contributed by atoms with van der Waals surface area (Å²) < 4.78 is 5.35. The van der Waals surface area contributed by atoms with Crippen LogP contribution in [0.25, 0.3) is 0 Å². The number of rotatable bonds is 4. The Bertz CT molecular complexity index is 717. The zero-order chi connectivity index (χ0) is 17.3. The number of hydrogen-bond donors (Lipinski definition) is 1. The Balaban J connectivity index is 1.93. The van der Waals surface area contributed by atoms with Crippen molar-refractivity contribution in [3.05, 3.63) is 39.5 Å². The van der Waals surface area contributed by atoms with E-state index in [0.717, 1.165) is 9.94 Å². The number of fused-ring (bicyclic) bond motifs is 1. The lowest BCUT2D eigenvalue weighted by Gasteiger charge is -2.45. The second-order valence-electron chi connectivity index (χ2n) is 5.30. The number of ether oxygens (including phenoxy) is 1. The Labute approximate surface area is 147 Å². The fourth-order valence-electron chi connectivity index (χ4n) is 2.81. The zero-order valence-electron chi connectivity index (χ0n) is 12.9. The van der Waals surface area contributed by atoms with E-state index in [1.807, 2.05) is 6.08 Å². The molecule has 2 atom stereocenters. The third-order valence-electron chi connectivity index (χ3n) is 3.85. The number of thiazole rings is 1. The number of aromatic nitrogens is 1. The van der Waals surface area contributed by atoms with Crippen LogP contribution >= 0.6 is 22.9 Å². The number of carbonyl (C=O) groups is 2. The predicted octanol–water partition coefficient (Wildman–Crippen LogP) is 1.63. The largest absolute Gasteiger partial charge is 0.464 e. The van der Waals surface area contributed by atoms with Crippen LogP contribution in [0.15, 0.2) is 30.1 Å². The molecule has 0 aliphatic carbocycles. The van der Waals surface area contributed by atoms with Crippen LogP contribution in [0.2, 0.25) is 4.47 Å². The van der Waals surface area contributed by atoms with Gasteiger partial charge in [-0.15, -0.1) is 16.4 Å². The molecule has 0 bridgehead atoms.